The molecule has 0 aliphatic carbocycles. The van der Waals surface area contributed by atoms with Crippen molar-refractivity contribution in [2.24, 2.45) is 5.92 Å². The number of urea groups is 1. The smallest absolute Gasteiger partial charge is 0.326 e. The highest BCUT2D eigenvalue weighted by atomic mass is 16.4. The number of carbonyl (C=O) groups excluding carboxylic acids is 2. The quantitative estimate of drug-likeness (QED) is 0.699. The van der Waals surface area contributed by atoms with Crippen LogP contribution in [0.5, 0.6) is 0 Å². The first-order valence-electron chi connectivity index (χ1n) is 7.41. The Morgan fingerprint density at radius 2 is 1.57 bits per heavy atom. The number of amides is 3. The van der Waals surface area contributed by atoms with E-state index in [1.165, 1.54) is 0 Å². The summed E-state index contributed by atoms with van der Waals surface area (Å²) in [7, 11) is 0. The molecule has 7 heteroatoms. The zero-order valence-electron chi connectivity index (χ0n) is 12.9. The molecule has 0 bridgehead atoms. The van der Waals surface area contributed by atoms with E-state index in [1.807, 2.05) is 0 Å². The predicted octanol–water partition coefficient (Wildman–Crippen LogP) is 0.796. The molecule has 7 nitrogen and oxygen atoms in total. The zero-order chi connectivity index (χ0) is 16.0. The van der Waals surface area contributed by atoms with E-state index in [0.29, 0.717) is 0 Å². The molecule has 2 atom stereocenters. The molecule has 0 radical (unpaired) electrons. The number of piperidine rings is 1. The van der Waals surface area contributed by atoms with E-state index in [9.17, 15) is 14.4 Å². The van der Waals surface area contributed by atoms with Gasteiger partial charge in [0.05, 0.1) is 0 Å². The van der Waals surface area contributed by atoms with Crippen LogP contribution in [0, 0.1) is 5.92 Å². The standard InChI is InChI=1S/C14H25N3O4/c1-9(2)11(13(19)20)16-14(21)15-10(3)12(18)17-7-5-4-6-8-17/h9-11H,4-8H2,1-3H3,(H,19,20)(H2,15,16,21)/t10?,11-/m1/s1. The SMILES string of the molecule is CC(NC(=O)N[C@@H](C(=O)O)C(C)C)C(=O)N1CCCCC1. The lowest BCUT2D eigenvalue weighted by atomic mass is 10.1. The molecule has 1 rings (SSSR count). The van der Waals surface area contributed by atoms with Crippen molar-refractivity contribution in [3.63, 3.8) is 0 Å². The van der Waals surface area contributed by atoms with Gasteiger partial charge in [-0.25, -0.2) is 9.59 Å². The van der Waals surface area contributed by atoms with Gasteiger partial charge in [0, 0.05) is 13.1 Å². The molecule has 21 heavy (non-hydrogen) atoms. The molecule has 0 aromatic heterocycles. The Labute approximate surface area is 125 Å². The summed E-state index contributed by atoms with van der Waals surface area (Å²) < 4.78 is 0. The average molecular weight is 299 g/mol. The maximum atomic E-state index is 12.2. The summed E-state index contributed by atoms with van der Waals surface area (Å²) >= 11 is 0. The van der Waals surface area contributed by atoms with Gasteiger partial charge in [0.15, 0.2) is 0 Å². The van der Waals surface area contributed by atoms with Gasteiger partial charge in [-0.1, -0.05) is 13.8 Å². The molecule has 3 N–H and O–H groups in total. The van der Waals surface area contributed by atoms with Crippen molar-refractivity contribution in [3.05, 3.63) is 0 Å². The van der Waals surface area contributed by atoms with E-state index in [2.05, 4.69) is 10.6 Å². The van der Waals surface area contributed by atoms with Crippen LogP contribution >= 0.6 is 0 Å². The molecule has 0 aromatic rings. The normalized spacial score (nSPS) is 18.0. The van der Waals surface area contributed by atoms with E-state index < -0.39 is 24.1 Å². The van der Waals surface area contributed by atoms with Crippen molar-refractivity contribution in [1.29, 1.82) is 0 Å². The minimum Gasteiger partial charge on any atom is -0.480 e. The highest BCUT2D eigenvalue weighted by Gasteiger charge is 2.27. The first-order valence-corrected chi connectivity index (χ1v) is 7.41. The molecular formula is C14H25N3O4. The van der Waals surface area contributed by atoms with E-state index in [-0.39, 0.29) is 11.8 Å². The van der Waals surface area contributed by atoms with Gasteiger partial charge in [-0.2, -0.15) is 0 Å². The van der Waals surface area contributed by atoms with Crippen LogP contribution in [0.4, 0.5) is 4.79 Å². The fourth-order valence-corrected chi connectivity index (χ4v) is 2.34. The van der Waals surface area contributed by atoms with Crippen molar-refractivity contribution >= 4 is 17.9 Å². The highest BCUT2D eigenvalue weighted by molar-refractivity contribution is 5.88. The highest BCUT2D eigenvalue weighted by Crippen LogP contribution is 2.10. The van der Waals surface area contributed by atoms with Gasteiger partial charge in [-0.15, -0.1) is 0 Å². The molecule has 1 unspecified atom stereocenters. The lowest BCUT2D eigenvalue weighted by Gasteiger charge is -2.29. The second kappa shape index (κ2) is 7.85. The van der Waals surface area contributed by atoms with Crippen LogP contribution < -0.4 is 10.6 Å². The van der Waals surface area contributed by atoms with Gasteiger partial charge in [-0.3, -0.25) is 4.79 Å². The molecule has 1 fully saturated rings. The third-order valence-corrected chi connectivity index (χ3v) is 3.61. The number of carbonyl (C=O) groups is 3. The van der Waals surface area contributed by atoms with E-state index in [0.717, 1.165) is 32.4 Å². The van der Waals surface area contributed by atoms with Crippen LogP contribution in [-0.2, 0) is 9.59 Å². The minimum absolute atomic E-state index is 0.124. The summed E-state index contributed by atoms with van der Waals surface area (Å²) in [5.41, 5.74) is 0. The number of carboxylic acids is 1. The third kappa shape index (κ3) is 5.24. The lowest BCUT2D eigenvalue weighted by Crippen LogP contribution is -2.54. The van der Waals surface area contributed by atoms with Gasteiger partial charge in [0.2, 0.25) is 5.91 Å². The number of rotatable bonds is 5. The summed E-state index contributed by atoms with van der Waals surface area (Å²) in [6, 6.07) is -2.26. The van der Waals surface area contributed by atoms with Crippen LogP contribution in [-0.4, -0.2) is 53.1 Å². The van der Waals surface area contributed by atoms with Gasteiger partial charge in [0.1, 0.15) is 12.1 Å². The molecule has 0 aromatic carbocycles. The fraction of sp³-hybridized carbons (Fsp3) is 0.786. The number of hydrogen-bond acceptors (Lipinski definition) is 3. The summed E-state index contributed by atoms with van der Waals surface area (Å²) in [5.74, 6) is -1.45. The lowest BCUT2D eigenvalue weighted by molar-refractivity contribution is -0.140. The first kappa shape index (κ1) is 17.3. The topological polar surface area (TPSA) is 98.7 Å². The second-order valence-electron chi connectivity index (χ2n) is 5.79. The predicted molar refractivity (Wildman–Crippen MR) is 77.8 cm³/mol. The molecule has 3 amide bonds. The zero-order valence-corrected chi connectivity index (χ0v) is 12.9. The summed E-state index contributed by atoms with van der Waals surface area (Å²) in [6.45, 7) is 6.47. The second-order valence-corrected chi connectivity index (χ2v) is 5.79. The Hall–Kier alpha value is -1.79. The Morgan fingerprint density at radius 1 is 1.00 bits per heavy atom. The summed E-state index contributed by atoms with van der Waals surface area (Å²) in [6.07, 6.45) is 3.10. The maximum Gasteiger partial charge on any atom is 0.326 e. The number of aliphatic carboxylic acids is 1. The summed E-state index contributed by atoms with van der Waals surface area (Å²) in [4.78, 5) is 36.7. The number of hydrogen-bond donors (Lipinski definition) is 3. The van der Waals surface area contributed by atoms with E-state index in [4.69, 9.17) is 5.11 Å². The Kier molecular flexibility index (Phi) is 6.45. The molecule has 1 heterocycles. The monoisotopic (exact) mass is 299 g/mol. The molecule has 120 valence electrons. The average Bonchev–Trinajstić information content (AvgIpc) is 2.44. The van der Waals surface area contributed by atoms with Crippen LogP contribution in [0.3, 0.4) is 0 Å². The Morgan fingerprint density at radius 3 is 2.05 bits per heavy atom. The number of carboxylic acid groups (broad SMARTS) is 1. The largest absolute Gasteiger partial charge is 0.480 e. The van der Waals surface area contributed by atoms with Crippen molar-refractivity contribution in [2.75, 3.05) is 13.1 Å². The molecule has 1 aliphatic rings. The van der Waals surface area contributed by atoms with Crippen LogP contribution in [0.15, 0.2) is 0 Å². The molecule has 0 saturated carbocycles. The molecule has 1 saturated heterocycles. The van der Waals surface area contributed by atoms with Gasteiger partial charge >= 0.3 is 12.0 Å². The summed E-state index contributed by atoms with van der Waals surface area (Å²) in [5, 5.41) is 13.9. The number of nitrogens with one attached hydrogen (secondary N) is 2. The van der Waals surface area contributed by atoms with Crippen LogP contribution in [0.1, 0.15) is 40.0 Å². The van der Waals surface area contributed by atoms with Gasteiger partial charge in [-0.05, 0) is 32.1 Å². The van der Waals surface area contributed by atoms with Crippen molar-refractivity contribution in [2.45, 2.75) is 52.1 Å². The third-order valence-electron chi connectivity index (χ3n) is 3.61. The molecule has 0 spiro atoms. The van der Waals surface area contributed by atoms with Gasteiger partial charge < -0.3 is 20.6 Å². The fourth-order valence-electron chi connectivity index (χ4n) is 2.34. The molecular weight excluding hydrogens is 274 g/mol. The Balaban J connectivity index is 2.49. The first-order chi connectivity index (χ1) is 9.82. The Bertz CT molecular complexity index is 392. The molecule has 1 aliphatic heterocycles. The number of nitrogens with zero attached hydrogens (tertiary/aromatic N) is 1. The minimum atomic E-state index is -1.09. The number of likely N-dealkylation sites (tertiary alicyclic amines) is 1. The van der Waals surface area contributed by atoms with Gasteiger partial charge in [0.25, 0.3) is 0 Å². The van der Waals surface area contributed by atoms with Crippen molar-refractivity contribution in [1.82, 2.24) is 15.5 Å². The maximum absolute atomic E-state index is 12.2. The van der Waals surface area contributed by atoms with Crippen LogP contribution in [0.2, 0.25) is 0 Å². The van der Waals surface area contributed by atoms with Crippen molar-refractivity contribution < 1.29 is 19.5 Å². The van der Waals surface area contributed by atoms with E-state index >= 15 is 0 Å². The van der Waals surface area contributed by atoms with Crippen LogP contribution in [0.25, 0.3) is 0 Å². The van der Waals surface area contributed by atoms with E-state index in [1.54, 1.807) is 25.7 Å². The van der Waals surface area contributed by atoms with Crippen molar-refractivity contribution in [3.8, 4) is 0 Å².